The molecule has 0 spiro atoms. The lowest BCUT2D eigenvalue weighted by molar-refractivity contribution is -0.161. The molecular weight excluding hydrogens is 830 g/mol. The van der Waals surface area contributed by atoms with Crippen molar-refractivity contribution < 1.29 is 47.5 Å². The third-order valence-electron chi connectivity index (χ3n) is 9.51. The summed E-state index contributed by atoms with van der Waals surface area (Å²) in [7, 11) is -4.76. The smallest absolute Gasteiger partial charge is 0.472 e. The average Bonchev–Trinajstić information content (AvgIpc) is 3.27. The first-order valence-corrected chi connectivity index (χ1v) is 25.4. The van der Waals surface area contributed by atoms with Gasteiger partial charge in [-0.3, -0.25) is 23.4 Å². The number of phosphoric acid groups is 1. The van der Waals surface area contributed by atoms with Crippen LogP contribution >= 0.6 is 7.82 Å². The van der Waals surface area contributed by atoms with Crippen LogP contribution in [0.15, 0.2) is 109 Å². The summed E-state index contributed by atoms with van der Waals surface area (Å²) in [5, 5.41) is 8.91. The zero-order valence-corrected chi connectivity index (χ0v) is 40.2. The number of carboxylic acids is 1. The molecule has 3 atom stereocenters. The van der Waals surface area contributed by atoms with Gasteiger partial charge in [0.25, 0.3) is 0 Å². The number of esters is 2. The van der Waals surface area contributed by atoms with Gasteiger partial charge in [0.1, 0.15) is 12.6 Å². The van der Waals surface area contributed by atoms with Gasteiger partial charge in [0.2, 0.25) is 0 Å². The number of hydrogen-bond acceptors (Lipinski definition) is 9. The third-order valence-corrected chi connectivity index (χ3v) is 10.5. The van der Waals surface area contributed by atoms with E-state index < -0.39 is 57.7 Å². The number of carbonyl (C=O) groups is 3. The number of ether oxygens (including phenoxy) is 2. The molecule has 0 aliphatic heterocycles. The monoisotopic (exact) mass is 914 g/mol. The van der Waals surface area contributed by atoms with Crippen LogP contribution in [0.1, 0.15) is 168 Å². The number of aliphatic carboxylic acids is 1. The van der Waals surface area contributed by atoms with Crippen molar-refractivity contribution >= 4 is 25.7 Å². The van der Waals surface area contributed by atoms with E-state index >= 15 is 0 Å². The van der Waals surface area contributed by atoms with Crippen LogP contribution < -0.4 is 5.73 Å². The molecular formula is C52H84NO10P. The molecule has 0 aliphatic carbocycles. The normalized spacial score (nSPS) is 14.6. The molecule has 0 aliphatic rings. The molecule has 0 rings (SSSR count). The molecule has 1 unspecified atom stereocenters. The van der Waals surface area contributed by atoms with E-state index in [-0.39, 0.29) is 12.8 Å². The quantitative estimate of drug-likeness (QED) is 0.0230. The van der Waals surface area contributed by atoms with Crippen molar-refractivity contribution in [1.82, 2.24) is 0 Å². The van der Waals surface area contributed by atoms with Gasteiger partial charge < -0.3 is 25.2 Å². The highest BCUT2D eigenvalue weighted by Crippen LogP contribution is 2.43. The minimum Gasteiger partial charge on any atom is -0.480 e. The maximum Gasteiger partial charge on any atom is 0.472 e. The highest BCUT2D eigenvalue weighted by Gasteiger charge is 2.28. The van der Waals surface area contributed by atoms with Gasteiger partial charge in [-0.1, -0.05) is 175 Å². The number of phosphoric ester groups is 1. The Labute approximate surface area is 387 Å². The topological polar surface area (TPSA) is 172 Å². The van der Waals surface area contributed by atoms with Gasteiger partial charge in [-0.2, -0.15) is 0 Å². The van der Waals surface area contributed by atoms with Gasteiger partial charge in [-0.05, 0) is 89.9 Å². The Bertz CT molecular complexity index is 1490. The van der Waals surface area contributed by atoms with Crippen LogP contribution in [0.4, 0.5) is 0 Å². The van der Waals surface area contributed by atoms with Gasteiger partial charge in [0.15, 0.2) is 6.10 Å². The molecule has 64 heavy (non-hydrogen) atoms. The second kappa shape index (κ2) is 45.7. The maximum absolute atomic E-state index is 12.6. The SMILES string of the molecule is CCCCC/C=C/C/C=C/C/C=C/C/C=C/C/C=C/CCC(=O)OC[C@H](COP(=O)(O)OC[C@H](N)C(=O)O)OC(=O)CCC/C=C/C/C=C/C/C=C/C/C=C/CCCCCCCCC. The van der Waals surface area contributed by atoms with Crippen LogP contribution in [0.3, 0.4) is 0 Å². The molecule has 11 nitrogen and oxygen atoms in total. The standard InChI is InChI=1S/C52H84NO10P/c1-3-5-7-9-11-13-15-17-19-21-23-24-26-28-30-32-34-36-38-40-42-44-51(55)63-48(46-61-64(58,59)62-47-49(53)52(56)57)45-60-50(54)43-41-39-37-35-33-31-29-27-25-22-20-18-16-14-12-10-8-6-4-2/h12,14,18-21,24-27,30-33,36-39,48-49H,3-11,13,15-17,22-23,28-29,34-35,40-47,53H2,1-2H3,(H,56,57)(H,58,59)/b14-12+,20-18+,21-19+,26-24+,27-25+,32-30+,33-31+,38-36+,39-37+/t48-,49+/m1/s1. The van der Waals surface area contributed by atoms with Crippen LogP contribution in [0.5, 0.6) is 0 Å². The molecule has 0 heterocycles. The minimum absolute atomic E-state index is 0.0634. The van der Waals surface area contributed by atoms with Gasteiger partial charge in [-0.25, -0.2) is 4.57 Å². The summed E-state index contributed by atoms with van der Waals surface area (Å²) in [5.41, 5.74) is 5.33. The predicted octanol–water partition coefficient (Wildman–Crippen LogP) is 13.4. The number of carbonyl (C=O) groups excluding carboxylic acids is 2. The first kappa shape index (κ1) is 60.1. The summed E-state index contributed by atoms with van der Waals surface area (Å²) >= 11 is 0. The van der Waals surface area contributed by atoms with E-state index in [2.05, 4.69) is 103 Å². The van der Waals surface area contributed by atoms with Gasteiger partial charge in [0.05, 0.1) is 13.2 Å². The fraction of sp³-hybridized carbons (Fsp3) is 0.596. The van der Waals surface area contributed by atoms with E-state index in [0.29, 0.717) is 19.3 Å². The molecule has 0 amide bonds. The lowest BCUT2D eigenvalue weighted by Crippen LogP contribution is -2.34. The third kappa shape index (κ3) is 44.7. The van der Waals surface area contributed by atoms with Crippen LogP contribution in [0.25, 0.3) is 0 Å². The molecule has 0 saturated heterocycles. The van der Waals surface area contributed by atoms with Crippen molar-refractivity contribution in [2.75, 3.05) is 19.8 Å². The Hall–Kier alpha value is -3.86. The molecule has 0 fully saturated rings. The fourth-order valence-electron chi connectivity index (χ4n) is 5.74. The Morgan fingerprint density at radius 3 is 1.33 bits per heavy atom. The minimum atomic E-state index is -4.76. The fourth-order valence-corrected chi connectivity index (χ4v) is 6.52. The summed E-state index contributed by atoms with van der Waals surface area (Å²) in [6.45, 7) is 2.63. The van der Waals surface area contributed by atoms with Crippen LogP contribution in [-0.2, 0) is 37.5 Å². The number of rotatable bonds is 43. The van der Waals surface area contributed by atoms with Crippen molar-refractivity contribution in [3.63, 3.8) is 0 Å². The first-order valence-electron chi connectivity index (χ1n) is 23.9. The molecule has 0 radical (unpaired) electrons. The van der Waals surface area contributed by atoms with Crippen molar-refractivity contribution in [2.45, 2.75) is 180 Å². The molecule has 362 valence electrons. The summed E-state index contributed by atoms with van der Waals surface area (Å²) in [6, 6.07) is -1.55. The lowest BCUT2D eigenvalue weighted by Gasteiger charge is -2.20. The Balaban J connectivity index is 4.54. The number of carboxylic acid groups (broad SMARTS) is 1. The zero-order chi connectivity index (χ0) is 47.0. The molecule has 0 saturated carbocycles. The van der Waals surface area contributed by atoms with Crippen molar-refractivity contribution in [2.24, 2.45) is 5.73 Å². The van der Waals surface area contributed by atoms with Gasteiger partial charge in [0, 0.05) is 12.8 Å². The summed E-state index contributed by atoms with van der Waals surface area (Å²) in [4.78, 5) is 46.0. The molecule has 0 aromatic carbocycles. The largest absolute Gasteiger partial charge is 0.480 e. The van der Waals surface area contributed by atoms with E-state index in [0.717, 1.165) is 57.8 Å². The maximum atomic E-state index is 12.6. The summed E-state index contributed by atoms with van der Waals surface area (Å²) in [6.07, 6.45) is 60.3. The molecule has 4 N–H and O–H groups in total. The molecule has 12 heteroatoms. The van der Waals surface area contributed by atoms with E-state index in [1.807, 2.05) is 24.3 Å². The second-order valence-electron chi connectivity index (χ2n) is 15.5. The van der Waals surface area contributed by atoms with Crippen LogP contribution in [-0.4, -0.2) is 59.9 Å². The number of hydrogen-bond donors (Lipinski definition) is 3. The van der Waals surface area contributed by atoms with Crippen LogP contribution in [0, 0.1) is 0 Å². The molecule has 0 bridgehead atoms. The Morgan fingerprint density at radius 1 is 0.484 bits per heavy atom. The number of allylic oxidation sites excluding steroid dienone is 18. The highest BCUT2D eigenvalue weighted by atomic mass is 31.2. The van der Waals surface area contributed by atoms with E-state index in [9.17, 15) is 23.8 Å². The number of nitrogens with two attached hydrogens (primary N) is 1. The highest BCUT2D eigenvalue weighted by molar-refractivity contribution is 7.47. The van der Waals surface area contributed by atoms with Crippen LogP contribution in [0.2, 0.25) is 0 Å². The Kier molecular flexibility index (Phi) is 42.9. The summed E-state index contributed by atoms with van der Waals surface area (Å²) < 4.78 is 32.6. The first-order chi connectivity index (χ1) is 31.1. The predicted molar refractivity (Wildman–Crippen MR) is 263 cm³/mol. The molecule has 0 aromatic heterocycles. The average molecular weight is 914 g/mol. The lowest BCUT2D eigenvalue weighted by atomic mass is 10.1. The van der Waals surface area contributed by atoms with Crippen molar-refractivity contribution in [3.8, 4) is 0 Å². The molecule has 0 aromatic rings. The van der Waals surface area contributed by atoms with E-state index in [1.165, 1.54) is 64.2 Å². The van der Waals surface area contributed by atoms with Gasteiger partial charge >= 0.3 is 25.7 Å². The van der Waals surface area contributed by atoms with Gasteiger partial charge in [-0.15, -0.1) is 0 Å². The van der Waals surface area contributed by atoms with Crippen molar-refractivity contribution in [3.05, 3.63) is 109 Å². The zero-order valence-electron chi connectivity index (χ0n) is 39.3. The van der Waals surface area contributed by atoms with E-state index in [4.69, 9.17) is 24.8 Å². The second-order valence-corrected chi connectivity index (χ2v) is 17.0. The van der Waals surface area contributed by atoms with Crippen molar-refractivity contribution in [1.29, 1.82) is 0 Å². The van der Waals surface area contributed by atoms with E-state index in [1.54, 1.807) is 0 Å². The summed E-state index contributed by atoms with van der Waals surface area (Å²) in [5.74, 6) is -2.57. The number of unbranched alkanes of at least 4 members (excludes halogenated alkanes) is 11. The Morgan fingerprint density at radius 2 is 0.859 bits per heavy atom.